The highest BCUT2D eigenvalue weighted by molar-refractivity contribution is 14.2. The topological polar surface area (TPSA) is 271 Å². The number of amides is 4. The molecule has 1 aromatic rings. The van der Waals surface area contributed by atoms with Gasteiger partial charge in [-0.25, -0.2) is 0 Å². The van der Waals surface area contributed by atoms with E-state index >= 15 is 0 Å². The van der Waals surface area contributed by atoms with E-state index in [9.17, 15) is 43.5 Å². The number of ketones is 4. The van der Waals surface area contributed by atoms with Crippen LogP contribution in [0.3, 0.4) is 0 Å². The standard InChI is InChI=1S/C43H67IN5O13P/c1-4-33(50)26-47-39(54)28-61-21-19-59-17-8-11-34(51)12-13-36(45)43(58)46-16-18-60-20-22-62-29-40(55)48-27-35(52)25-32(24-31-9-6-5-7-10-31)42(57)49-37(23-30(2)3)38(53)14-15-41(56)63-44/h5-7,9-10,30,32,36-37,56H,4,8,11-29,45H2,1-3H3,(H,46,58)(H,47,54)(H,48,55)(H,49,57)/p-1. The number of nitrogens with one attached hydrogen (secondary N) is 4. The second kappa shape index (κ2) is 35.7. The van der Waals surface area contributed by atoms with Gasteiger partial charge in [0.2, 0.25) is 23.6 Å². The van der Waals surface area contributed by atoms with E-state index in [1.165, 1.54) is 0 Å². The predicted octanol–water partition coefficient (Wildman–Crippen LogP) is 1.32. The van der Waals surface area contributed by atoms with Crippen molar-refractivity contribution in [2.45, 2.75) is 97.1 Å². The Bertz CT molecular complexity index is 1600. The highest BCUT2D eigenvalue weighted by Crippen LogP contribution is 2.17. The molecule has 4 amide bonds. The third-order valence-corrected chi connectivity index (χ3v) is 11.2. The van der Waals surface area contributed by atoms with Crippen LogP contribution in [0.2, 0.25) is 0 Å². The lowest BCUT2D eigenvalue weighted by Gasteiger charge is -2.24. The van der Waals surface area contributed by atoms with E-state index in [0.717, 1.165) is 5.56 Å². The van der Waals surface area contributed by atoms with Crippen LogP contribution in [0, 0.1) is 11.8 Å². The van der Waals surface area contributed by atoms with Gasteiger partial charge in [0.25, 0.3) is 0 Å². The zero-order chi connectivity index (χ0) is 46.8. The monoisotopic (exact) mass is 1020 g/mol. The summed E-state index contributed by atoms with van der Waals surface area (Å²) >= 11 is 1.93. The number of carbonyl (C=O) groups is 8. The van der Waals surface area contributed by atoms with E-state index in [1.807, 2.05) is 66.2 Å². The molecule has 0 aromatic heterocycles. The fourth-order valence-electron chi connectivity index (χ4n) is 5.69. The molecule has 6 N–H and O–H groups in total. The van der Waals surface area contributed by atoms with Crippen molar-refractivity contribution in [3.8, 4) is 0 Å². The molecule has 3 unspecified atom stereocenters. The number of rotatable bonds is 38. The maximum absolute atomic E-state index is 13.5. The summed E-state index contributed by atoms with van der Waals surface area (Å²) in [5.41, 5.74) is 6.69. The normalized spacial score (nSPS) is 12.8. The molecule has 3 atom stereocenters. The van der Waals surface area contributed by atoms with E-state index in [2.05, 4.69) is 21.3 Å². The van der Waals surface area contributed by atoms with Crippen molar-refractivity contribution in [3.63, 3.8) is 0 Å². The summed E-state index contributed by atoms with van der Waals surface area (Å²) in [5.74, 6) is -2.68. The number of hydrogen-bond donors (Lipinski definition) is 5. The van der Waals surface area contributed by atoms with Crippen LogP contribution < -0.4 is 32.1 Å². The van der Waals surface area contributed by atoms with Crippen molar-refractivity contribution >= 4 is 80.1 Å². The van der Waals surface area contributed by atoms with Crippen LogP contribution in [0.1, 0.15) is 84.1 Å². The maximum Gasteiger partial charge on any atom is 0.246 e. The first-order valence-electron chi connectivity index (χ1n) is 21.3. The van der Waals surface area contributed by atoms with Crippen LogP contribution in [0.5, 0.6) is 0 Å². The third-order valence-electron chi connectivity index (χ3n) is 9.19. The summed E-state index contributed by atoms with van der Waals surface area (Å²) < 4.78 is 21.3. The summed E-state index contributed by atoms with van der Waals surface area (Å²) in [4.78, 5) is 99.1. The Kier molecular flexibility index (Phi) is 32.6. The quantitative estimate of drug-likeness (QED) is 0.0356. The summed E-state index contributed by atoms with van der Waals surface area (Å²) in [7, 11) is 0. The second-order valence-electron chi connectivity index (χ2n) is 15.1. The van der Waals surface area contributed by atoms with Gasteiger partial charge in [0.15, 0.2) is 17.3 Å². The largest absolute Gasteiger partial charge is 0.827 e. The van der Waals surface area contributed by atoms with E-state index in [1.54, 1.807) is 6.92 Å². The van der Waals surface area contributed by atoms with Gasteiger partial charge >= 0.3 is 0 Å². The van der Waals surface area contributed by atoms with E-state index in [4.69, 9.17) is 24.7 Å². The smallest absolute Gasteiger partial charge is 0.246 e. The number of ether oxygens (including phenoxy) is 4. The number of Topliss-reactive ketones (excluding diaryl/α,β-unsaturated/α-hetero) is 4. The van der Waals surface area contributed by atoms with Crippen molar-refractivity contribution in [3.05, 3.63) is 35.9 Å². The average Bonchev–Trinajstić information content (AvgIpc) is 3.26. The molecule has 1 aromatic carbocycles. The van der Waals surface area contributed by atoms with E-state index in [-0.39, 0.29) is 151 Å². The maximum atomic E-state index is 13.5. The average molecular weight is 1020 g/mol. The lowest BCUT2D eigenvalue weighted by molar-refractivity contribution is -0.212. The Labute approximate surface area is 385 Å². The number of carbonyl (C=O) groups excluding carboxylic acids is 8. The van der Waals surface area contributed by atoms with Gasteiger partial charge in [-0.05, 0) is 71.5 Å². The van der Waals surface area contributed by atoms with Gasteiger partial charge in [0, 0.05) is 51.2 Å². The van der Waals surface area contributed by atoms with Gasteiger partial charge in [-0.3, -0.25) is 38.4 Å². The fourth-order valence-corrected chi connectivity index (χ4v) is 6.61. The van der Waals surface area contributed by atoms with Gasteiger partial charge in [-0.2, -0.15) is 0 Å². The number of nitrogens with two attached hydrogens (primary N) is 1. The van der Waals surface area contributed by atoms with Gasteiger partial charge < -0.3 is 51.1 Å². The Morgan fingerprint density at radius 1 is 0.730 bits per heavy atom. The van der Waals surface area contributed by atoms with Crippen molar-refractivity contribution in [1.82, 2.24) is 21.3 Å². The molecule has 0 saturated carbocycles. The van der Waals surface area contributed by atoms with Crippen molar-refractivity contribution in [2.75, 3.05) is 72.5 Å². The lowest BCUT2D eigenvalue weighted by Crippen LogP contribution is -2.46. The minimum Gasteiger partial charge on any atom is -0.827 e. The highest BCUT2D eigenvalue weighted by atomic mass is 127. The van der Waals surface area contributed by atoms with Crippen molar-refractivity contribution in [2.24, 2.45) is 17.6 Å². The molecule has 354 valence electrons. The molecule has 20 heteroatoms. The Hall–Kier alpha value is -3.56. The fraction of sp³-hybridized carbons (Fsp3) is 0.651. The molecule has 0 aliphatic heterocycles. The SMILES string of the molecule is CCC(=O)CNC(=O)COCCOCCCC(=O)CCC(N)C(=O)NCCOCCOCC(=O)NCC(=O)CC(Cc1ccccc1)C(=O)NC(CC(C)C)C(=O)CCC([O-])=PI. The van der Waals surface area contributed by atoms with Crippen LogP contribution in [-0.4, -0.2) is 137 Å². The predicted molar refractivity (Wildman–Crippen MR) is 244 cm³/mol. The zero-order valence-electron chi connectivity index (χ0n) is 36.8. The number of hydrogen-bond acceptors (Lipinski definition) is 14. The Balaban J connectivity index is 2.27. The summed E-state index contributed by atoms with van der Waals surface area (Å²) in [5, 5.41) is 22.3. The van der Waals surface area contributed by atoms with Gasteiger partial charge in [-0.15, -0.1) is 5.48 Å². The molecule has 0 spiro atoms. The van der Waals surface area contributed by atoms with Crippen LogP contribution in [0.25, 0.3) is 0 Å². The molecular weight excluding hydrogens is 952 g/mol. The van der Waals surface area contributed by atoms with Gasteiger partial charge in [-0.1, -0.05) is 51.1 Å². The molecule has 0 saturated heterocycles. The first-order valence-corrected chi connectivity index (χ1v) is 25.0. The van der Waals surface area contributed by atoms with E-state index in [0.29, 0.717) is 31.7 Å². The first-order chi connectivity index (χ1) is 30.1. The van der Waals surface area contributed by atoms with Crippen LogP contribution in [-0.2, 0) is 63.7 Å². The van der Waals surface area contributed by atoms with Crippen molar-refractivity contribution in [1.29, 1.82) is 0 Å². The second-order valence-corrected chi connectivity index (χ2v) is 17.2. The summed E-state index contributed by atoms with van der Waals surface area (Å²) in [6.45, 7) is 6.03. The molecule has 0 heterocycles. The zero-order valence-corrected chi connectivity index (χ0v) is 39.8. The number of halogens is 1. The summed E-state index contributed by atoms with van der Waals surface area (Å²) in [6, 6.07) is 7.52. The third kappa shape index (κ3) is 30.3. The van der Waals surface area contributed by atoms with Gasteiger partial charge in [0.05, 0.1) is 58.2 Å². The molecular formula is C43H66IN5O13P-. The van der Waals surface area contributed by atoms with Crippen molar-refractivity contribution < 1.29 is 62.4 Å². The minimum absolute atomic E-state index is 0.0171. The van der Waals surface area contributed by atoms with E-state index < -0.39 is 35.7 Å². The van der Waals surface area contributed by atoms with Gasteiger partial charge in [0.1, 0.15) is 19.0 Å². The van der Waals surface area contributed by atoms with Crippen LogP contribution >= 0.6 is 27.9 Å². The number of benzene rings is 1. The molecule has 63 heavy (non-hydrogen) atoms. The molecule has 18 nitrogen and oxygen atoms in total. The summed E-state index contributed by atoms with van der Waals surface area (Å²) in [6.07, 6.45) is 2.01. The molecule has 1 rings (SSSR count). The minimum atomic E-state index is -0.869. The molecule has 0 aliphatic rings. The molecule has 0 fully saturated rings. The highest BCUT2D eigenvalue weighted by Gasteiger charge is 2.28. The van der Waals surface area contributed by atoms with Crippen LogP contribution in [0.15, 0.2) is 30.3 Å². The Morgan fingerprint density at radius 2 is 1.33 bits per heavy atom. The molecule has 0 aliphatic carbocycles. The molecule has 0 bridgehead atoms. The first kappa shape index (κ1) is 57.5. The molecule has 0 radical (unpaired) electrons. The Morgan fingerprint density at radius 3 is 1.94 bits per heavy atom. The lowest BCUT2D eigenvalue weighted by atomic mass is 9.91. The van der Waals surface area contributed by atoms with Crippen LogP contribution in [0.4, 0.5) is 0 Å².